The predicted octanol–water partition coefficient (Wildman–Crippen LogP) is 3.87. The molecule has 1 saturated heterocycles. The van der Waals surface area contributed by atoms with Gasteiger partial charge in [0.05, 0.1) is 5.52 Å². The maximum Gasteiger partial charge on any atom is 0.246 e. The van der Waals surface area contributed by atoms with Crippen LogP contribution >= 0.6 is 0 Å². The second-order valence-electron chi connectivity index (χ2n) is 11.3. The second-order valence-corrected chi connectivity index (χ2v) is 11.3. The molecular weight excluding hydrogens is 540 g/mol. The number of nitrogens with one attached hydrogen (secondary N) is 1. The molecule has 5 heterocycles. The Morgan fingerprint density at radius 1 is 1.07 bits per heavy atom. The van der Waals surface area contributed by atoms with Crippen LogP contribution in [0.5, 0.6) is 0 Å². The Morgan fingerprint density at radius 2 is 1.95 bits per heavy atom. The minimum atomic E-state index is 0.0538. The van der Waals surface area contributed by atoms with E-state index in [4.69, 9.17) is 4.98 Å². The summed E-state index contributed by atoms with van der Waals surface area (Å²) < 4.78 is 1.77. The van der Waals surface area contributed by atoms with Crippen LogP contribution in [0.25, 0.3) is 16.7 Å². The number of anilines is 3. The molecule has 0 radical (unpaired) electrons. The molecule has 11 nitrogen and oxygen atoms in total. The zero-order valence-corrected chi connectivity index (χ0v) is 25.0. The lowest BCUT2D eigenvalue weighted by atomic mass is 10.0. The molecule has 1 N–H and O–H groups in total. The van der Waals surface area contributed by atoms with Crippen LogP contribution in [-0.4, -0.2) is 91.6 Å². The van der Waals surface area contributed by atoms with Crippen LogP contribution in [0, 0.1) is 6.92 Å². The minimum Gasteiger partial charge on any atom is -0.353 e. The molecule has 1 unspecified atom stereocenters. The van der Waals surface area contributed by atoms with Gasteiger partial charge in [-0.1, -0.05) is 12.1 Å². The van der Waals surface area contributed by atoms with Crippen molar-refractivity contribution in [1.29, 1.82) is 0 Å². The highest BCUT2D eigenvalue weighted by molar-refractivity contribution is 5.89. The highest BCUT2D eigenvalue weighted by atomic mass is 16.2. The number of piperazine rings is 1. The summed E-state index contributed by atoms with van der Waals surface area (Å²) in [7, 11) is 3.97. The standard InChI is InChI=1S/C32H36N10O/c1-22-16-26(8-7-25(22)17-24-11-13-42-29(18-24)34-21-36-42)37-32-31-27(33-20-35-32)9-10-28(38-31)40-14-15-41(23(2)19-40)30(43)6-5-12-39(3)4/h5-11,13,16,18,20-21,23H,12,14-15,17,19H2,1-4H3,(H,33,35,37)/b6-5+. The number of amides is 1. The predicted molar refractivity (Wildman–Crippen MR) is 169 cm³/mol. The third-order valence-corrected chi connectivity index (χ3v) is 7.78. The van der Waals surface area contributed by atoms with Gasteiger partial charge in [0, 0.05) is 50.2 Å². The van der Waals surface area contributed by atoms with Crippen LogP contribution in [0.15, 0.2) is 73.5 Å². The summed E-state index contributed by atoms with van der Waals surface area (Å²) in [6, 6.07) is 14.5. The van der Waals surface area contributed by atoms with Crippen molar-refractivity contribution in [2.75, 3.05) is 50.5 Å². The van der Waals surface area contributed by atoms with Crippen molar-refractivity contribution >= 4 is 39.9 Å². The number of hydrogen-bond acceptors (Lipinski definition) is 9. The van der Waals surface area contributed by atoms with Crippen LogP contribution in [0.3, 0.4) is 0 Å². The van der Waals surface area contributed by atoms with Gasteiger partial charge in [0.25, 0.3) is 0 Å². The molecule has 1 aliphatic heterocycles. The monoisotopic (exact) mass is 576 g/mol. The lowest BCUT2D eigenvalue weighted by Crippen LogP contribution is -2.54. The molecule has 1 aliphatic rings. The maximum absolute atomic E-state index is 12.8. The van der Waals surface area contributed by atoms with Gasteiger partial charge < -0.3 is 20.0 Å². The second kappa shape index (κ2) is 12.1. The zero-order chi connectivity index (χ0) is 29.9. The number of pyridine rings is 2. The number of carbonyl (C=O) groups excluding carboxylic acids is 1. The largest absolute Gasteiger partial charge is 0.353 e. The third-order valence-electron chi connectivity index (χ3n) is 7.78. The first kappa shape index (κ1) is 28.2. The molecule has 4 aromatic heterocycles. The highest BCUT2D eigenvalue weighted by Gasteiger charge is 2.27. The average molecular weight is 577 g/mol. The van der Waals surface area contributed by atoms with Gasteiger partial charge in [-0.2, -0.15) is 5.10 Å². The van der Waals surface area contributed by atoms with Crippen molar-refractivity contribution in [2.24, 2.45) is 0 Å². The topological polar surface area (TPSA) is 108 Å². The summed E-state index contributed by atoms with van der Waals surface area (Å²) in [5.74, 6) is 1.56. The van der Waals surface area contributed by atoms with Gasteiger partial charge in [0.2, 0.25) is 5.91 Å². The Bertz CT molecular complexity index is 1800. The van der Waals surface area contributed by atoms with E-state index in [1.54, 1.807) is 23.2 Å². The molecule has 1 fully saturated rings. The number of rotatable bonds is 8. The van der Waals surface area contributed by atoms with Crippen molar-refractivity contribution in [2.45, 2.75) is 26.3 Å². The van der Waals surface area contributed by atoms with Crippen molar-refractivity contribution in [1.82, 2.24) is 39.3 Å². The summed E-state index contributed by atoms with van der Waals surface area (Å²) in [4.78, 5) is 37.2. The van der Waals surface area contributed by atoms with Crippen molar-refractivity contribution in [3.8, 4) is 0 Å². The van der Waals surface area contributed by atoms with Crippen LogP contribution in [0.1, 0.15) is 23.6 Å². The van der Waals surface area contributed by atoms with Crippen LogP contribution in [0.4, 0.5) is 17.3 Å². The molecule has 220 valence electrons. The normalized spacial score (nSPS) is 15.7. The average Bonchev–Trinajstić information content (AvgIpc) is 3.46. The fourth-order valence-corrected chi connectivity index (χ4v) is 5.45. The first-order valence-electron chi connectivity index (χ1n) is 14.5. The first-order chi connectivity index (χ1) is 20.8. The van der Waals surface area contributed by atoms with Crippen LogP contribution in [-0.2, 0) is 11.2 Å². The van der Waals surface area contributed by atoms with Gasteiger partial charge in [0.1, 0.15) is 24.0 Å². The molecule has 11 heteroatoms. The first-order valence-corrected chi connectivity index (χ1v) is 14.5. The molecule has 1 atom stereocenters. The van der Waals surface area contributed by atoms with Gasteiger partial charge >= 0.3 is 0 Å². The van der Waals surface area contributed by atoms with E-state index in [9.17, 15) is 4.79 Å². The number of hydrogen-bond donors (Lipinski definition) is 1. The summed E-state index contributed by atoms with van der Waals surface area (Å²) in [5.41, 5.74) is 6.85. The molecular formula is C32H36N10O. The molecule has 1 amide bonds. The summed E-state index contributed by atoms with van der Waals surface area (Å²) in [5, 5.41) is 7.65. The quantitative estimate of drug-likeness (QED) is 0.276. The Hall–Kier alpha value is -4.90. The summed E-state index contributed by atoms with van der Waals surface area (Å²) in [6.07, 6.45) is 9.47. The Kier molecular flexibility index (Phi) is 7.97. The lowest BCUT2D eigenvalue weighted by molar-refractivity contribution is -0.128. The van der Waals surface area contributed by atoms with E-state index < -0.39 is 0 Å². The van der Waals surface area contributed by atoms with E-state index in [1.165, 1.54) is 16.7 Å². The molecule has 5 aromatic rings. The van der Waals surface area contributed by atoms with E-state index >= 15 is 0 Å². The number of fused-ring (bicyclic) bond motifs is 2. The number of nitrogens with zero attached hydrogens (tertiary/aromatic N) is 9. The smallest absolute Gasteiger partial charge is 0.246 e. The third kappa shape index (κ3) is 6.31. The molecule has 0 saturated carbocycles. The van der Waals surface area contributed by atoms with Gasteiger partial charge in [-0.3, -0.25) is 4.79 Å². The van der Waals surface area contributed by atoms with Crippen molar-refractivity contribution < 1.29 is 4.79 Å². The van der Waals surface area contributed by atoms with E-state index in [0.717, 1.165) is 35.6 Å². The van der Waals surface area contributed by atoms with Gasteiger partial charge in [-0.15, -0.1) is 0 Å². The minimum absolute atomic E-state index is 0.0538. The SMILES string of the molecule is Cc1cc(Nc2ncnc3ccc(N4CCN(C(=O)/C=C/CN(C)C)C(C)C4)nc23)ccc1Cc1ccn2ncnc2c1. The number of likely N-dealkylation sites (N-methyl/N-ethyl adjacent to an activating group) is 1. The summed E-state index contributed by atoms with van der Waals surface area (Å²) >= 11 is 0. The fraction of sp³-hybridized carbons (Fsp3) is 0.312. The van der Waals surface area contributed by atoms with Gasteiger partial charge in [-0.05, 0) is 87.5 Å². The molecule has 0 spiro atoms. The van der Waals surface area contributed by atoms with Crippen molar-refractivity contribution in [3.63, 3.8) is 0 Å². The Morgan fingerprint density at radius 3 is 2.77 bits per heavy atom. The van der Waals surface area contributed by atoms with E-state index in [-0.39, 0.29) is 11.9 Å². The Labute approximate surface area is 250 Å². The fourth-order valence-electron chi connectivity index (χ4n) is 5.45. The maximum atomic E-state index is 12.8. The van der Waals surface area contributed by atoms with Gasteiger partial charge in [0.15, 0.2) is 11.5 Å². The van der Waals surface area contributed by atoms with Crippen molar-refractivity contribution in [3.05, 3.63) is 90.2 Å². The molecule has 6 rings (SSSR count). The molecule has 1 aromatic carbocycles. The van der Waals surface area contributed by atoms with E-state index in [0.29, 0.717) is 31.0 Å². The van der Waals surface area contributed by atoms with E-state index in [1.807, 2.05) is 48.3 Å². The van der Waals surface area contributed by atoms with E-state index in [2.05, 4.69) is 74.4 Å². The number of carbonyl (C=O) groups is 1. The van der Waals surface area contributed by atoms with Crippen LogP contribution in [0.2, 0.25) is 0 Å². The summed E-state index contributed by atoms with van der Waals surface area (Å²) in [6.45, 7) is 6.99. The lowest BCUT2D eigenvalue weighted by Gasteiger charge is -2.40. The van der Waals surface area contributed by atoms with Crippen LogP contribution < -0.4 is 10.2 Å². The van der Waals surface area contributed by atoms with Gasteiger partial charge in [-0.25, -0.2) is 24.5 Å². The number of aromatic nitrogens is 6. The molecule has 0 aliphatic carbocycles. The Balaban J connectivity index is 1.16. The molecule has 43 heavy (non-hydrogen) atoms. The number of aryl methyl sites for hydroxylation is 1. The zero-order valence-electron chi connectivity index (χ0n) is 25.0. The number of benzene rings is 1. The molecule has 0 bridgehead atoms. The highest BCUT2D eigenvalue weighted by Crippen LogP contribution is 2.27.